The third-order valence-electron chi connectivity index (χ3n) is 10.8. The molecule has 354 valence electrons. The third kappa shape index (κ3) is 19.2. The van der Waals surface area contributed by atoms with Gasteiger partial charge in [-0.1, -0.05) is 73.6 Å². The first kappa shape index (κ1) is 55.4. The van der Waals surface area contributed by atoms with E-state index in [0.29, 0.717) is 12.2 Å². The lowest BCUT2D eigenvalue weighted by atomic mass is 9.84. The molecule has 62 heavy (non-hydrogen) atoms. The zero-order valence-corrected chi connectivity index (χ0v) is 39.2. The molecule has 0 aromatic heterocycles. The number of likely N-dealkylation sites (N-methyl/N-ethyl adjacent to an activating group) is 1. The van der Waals surface area contributed by atoms with E-state index in [0.717, 1.165) is 37.0 Å². The predicted octanol–water partition coefficient (Wildman–Crippen LogP) is -0.891. The number of aliphatic imine (C=N–C) groups is 1. The van der Waals surface area contributed by atoms with E-state index in [4.69, 9.17) is 17.2 Å². The SMILES string of the molecule is CSCC[C@@H](NC(=O)[C@H](NC(=O)[C@H](CCCN=C(N)N)NC(=O)[C@H](CC1CCCCC1)NC(C)=O)C(C)(C)C)C(=O)N(C)[C@@H](C)C(=O)N[C@@H](CO)C(=O)N[C@H](C(N)=O)C(C)(C)C. The van der Waals surface area contributed by atoms with Crippen LogP contribution in [-0.4, -0.2) is 138 Å². The average molecular weight is 898 g/mol. The second-order valence-corrected chi connectivity index (χ2v) is 19.2. The summed E-state index contributed by atoms with van der Waals surface area (Å²) in [6, 6.07) is -8.21. The summed E-state index contributed by atoms with van der Waals surface area (Å²) in [6.45, 7) is 12.3. The van der Waals surface area contributed by atoms with Gasteiger partial charge in [-0.3, -0.25) is 43.3 Å². The molecular formula is C41H75N11O9S. The van der Waals surface area contributed by atoms with Gasteiger partial charge in [0.15, 0.2) is 5.96 Å². The minimum atomic E-state index is -1.48. The number of aliphatic hydroxyl groups is 1. The highest BCUT2D eigenvalue weighted by atomic mass is 32.2. The fraction of sp³-hybridized carbons (Fsp3) is 0.780. The number of thioether (sulfide) groups is 1. The second-order valence-electron chi connectivity index (χ2n) is 18.2. The van der Waals surface area contributed by atoms with Crippen molar-refractivity contribution in [1.82, 2.24) is 36.8 Å². The number of aliphatic hydroxyl groups excluding tert-OH is 1. The third-order valence-corrected chi connectivity index (χ3v) is 11.4. The van der Waals surface area contributed by atoms with Crippen molar-refractivity contribution in [3.63, 3.8) is 0 Å². The number of carbonyl (C=O) groups excluding carboxylic acids is 8. The zero-order chi connectivity index (χ0) is 47.5. The minimum absolute atomic E-state index is 0.0871. The van der Waals surface area contributed by atoms with Gasteiger partial charge in [-0.2, -0.15) is 11.8 Å². The number of nitrogens with two attached hydrogens (primary N) is 3. The van der Waals surface area contributed by atoms with Crippen molar-refractivity contribution in [2.75, 3.05) is 32.2 Å². The van der Waals surface area contributed by atoms with Gasteiger partial charge in [-0.25, -0.2) is 0 Å². The van der Waals surface area contributed by atoms with Crippen LogP contribution in [-0.2, 0) is 38.4 Å². The average Bonchev–Trinajstić information content (AvgIpc) is 3.18. The normalized spacial score (nSPS) is 16.7. The first-order valence-corrected chi connectivity index (χ1v) is 22.6. The highest BCUT2D eigenvalue weighted by Crippen LogP contribution is 2.28. The number of guanidine groups is 1. The van der Waals surface area contributed by atoms with Crippen molar-refractivity contribution in [1.29, 1.82) is 0 Å². The minimum Gasteiger partial charge on any atom is -0.394 e. The maximum Gasteiger partial charge on any atom is 0.245 e. The molecule has 1 aliphatic rings. The van der Waals surface area contributed by atoms with Gasteiger partial charge in [0.2, 0.25) is 47.3 Å². The van der Waals surface area contributed by atoms with Gasteiger partial charge in [0.1, 0.15) is 42.3 Å². The summed E-state index contributed by atoms with van der Waals surface area (Å²) in [5, 5.41) is 25.9. The molecule has 0 radical (unpaired) electrons. The number of rotatable bonds is 24. The number of amides is 8. The molecular weight excluding hydrogens is 823 g/mol. The lowest BCUT2D eigenvalue weighted by Gasteiger charge is -2.34. The standard InChI is InChI=1S/C41H75N11O9S/c1-23(33(56)49-29(22-53)36(59)50-30(32(42)55)40(3,4)5)52(9)38(61)27(18-20-62-10)48-37(60)31(41(6,7)8)51-34(57)26(17-14-19-45-39(43)44)47-35(58)28(46-24(2)54)21-25-15-12-11-13-16-25/h23,25-31,53H,11-22H2,1-10H3,(H2,42,55)(H,46,54)(H,47,58)(H,48,60)(H,49,56)(H,50,59)(H,51,57)(H4,43,44,45)/t23-,26-,27+,28-,29-,30+,31-/m0/s1. The molecule has 0 aliphatic heterocycles. The van der Waals surface area contributed by atoms with Crippen LogP contribution >= 0.6 is 11.8 Å². The van der Waals surface area contributed by atoms with Gasteiger partial charge >= 0.3 is 0 Å². The van der Waals surface area contributed by atoms with Crippen LogP contribution in [0.1, 0.15) is 113 Å². The Hall–Kier alpha value is -4.66. The molecule has 0 spiro atoms. The van der Waals surface area contributed by atoms with Crippen molar-refractivity contribution in [2.24, 2.45) is 38.9 Å². The van der Waals surface area contributed by atoms with Crippen molar-refractivity contribution in [3.05, 3.63) is 0 Å². The molecule has 1 rings (SSSR count). The van der Waals surface area contributed by atoms with Gasteiger partial charge in [-0.05, 0) is 61.4 Å². The zero-order valence-electron chi connectivity index (χ0n) is 38.4. The van der Waals surface area contributed by atoms with Crippen LogP contribution in [0.15, 0.2) is 4.99 Å². The molecule has 0 unspecified atom stereocenters. The van der Waals surface area contributed by atoms with E-state index >= 15 is 0 Å². The van der Waals surface area contributed by atoms with Crippen LogP contribution in [0.25, 0.3) is 0 Å². The first-order valence-electron chi connectivity index (χ1n) is 21.2. The lowest BCUT2D eigenvalue weighted by molar-refractivity contribution is -0.143. The van der Waals surface area contributed by atoms with Crippen LogP contribution in [0.5, 0.6) is 0 Å². The highest BCUT2D eigenvalue weighted by Gasteiger charge is 2.39. The molecule has 20 nitrogen and oxygen atoms in total. The van der Waals surface area contributed by atoms with Crippen LogP contribution in [0.2, 0.25) is 0 Å². The van der Waals surface area contributed by atoms with Crippen LogP contribution < -0.4 is 49.1 Å². The van der Waals surface area contributed by atoms with E-state index in [1.165, 1.54) is 32.7 Å². The number of nitrogens with one attached hydrogen (secondary N) is 6. The van der Waals surface area contributed by atoms with Gasteiger partial charge in [0.25, 0.3) is 0 Å². The molecule has 0 heterocycles. The van der Waals surface area contributed by atoms with Crippen molar-refractivity contribution >= 4 is 65.0 Å². The fourth-order valence-electron chi connectivity index (χ4n) is 7.00. The molecule has 21 heteroatoms. The van der Waals surface area contributed by atoms with E-state index in [9.17, 15) is 43.5 Å². The summed E-state index contributed by atoms with van der Waals surface area (Å²) in [5.41, 5.74) is 14.8. The largest absolute Gasteiger partial charge is 0.394 e. The molecule has 13 N–H and O–H groups in total. The summed E-state index contributed by atoms with van der Waals surface area (Å²) in [4.78, 5) is 112. The summed E-state index contributed by atoms with van der Waals surface area (Å²) >= 11 is 1.42. The monoisotopic (exact) mass is 898 g/mol. The summed E-state index contributed by atoms with van der Waals surface area (Å²) in [5.74, 6) is -4.91. The Kier molecular flexibility index (Phi) is 23.3. The van der Waals surface area contributed by atoms with Gasteiger partial charge in [-0.15, -0.1) is 0 Å². The summed E-state index contributed by atoms with van der Waals surface area (Å²) in [6.07, 6.45) is 7.78. The van der Waals surface area contributed by atoms with Crippen molar-refractivity contribution in [3.8, 4) is 0 Å². The molecule has 1 saturated carbocycles. The Morgan fingerprint density at radius 2 is 1.23 bits per heavy atom. The number of hydrogen-bond donors (Lipinski definition) is 10. The van der Waals surface area contributed by atoms with Crippen LogP contribution in [0.4, 0.5) is 0 Å². The van der Waals surface area contributed by atoms with Crippen LogP contribution in [0.3, 0.4) is 0 Å². The van der Waals surface area contributed by atoms with Gasteiger partial charge < -0.3 is 59.1 Å². The topological polar surface area (TPSA) is 323 Å². The number of hydrogen-bond acceptors (Lipinski definition) is 11. The Labute approximate surface area is 371 Å². The molecule has 0 aromatic rings. The molecule has 1 fully saturated rings. The lowest BCUT2D eigenvalue weighted by Crippen LogP contribution is -2.62. The molecule has 0 saturated heterocycles. The fourth-order valence-corrected chi connectivity index (χ4v) is 7.47. The molecule has 7 atom stereocenters. The highest BCUT2D eigenvalue weighted by molar-refractivity contribution is 7.98. The maximum absolute atomic E-state index is 14.2. The Bertz CT molecular complexity index is 1570. The van der Waals surface area contributed by atoms with Gasteiger partial charge in [0.05, 0.1) is 6.61 Å². The Morgan fingerprint density at radius 3 is 1.73 bits per heavy atom. The van der Waals surface area contributed by atoms with E-state index < -0.39 is 107 Å². The van der Waals surface area contributed by atoms with E-state index in [-0.39, 0.29) is 37.7 Å². The van der Waals surface area contributed by atoms with Crippen molar-refractivity contribution in [2.45, 2.75) is 155 Å². The van der Waals surface area contributed by atoms with Crippen molar-refractivity contribution < 1.29 is 43.5 Å². The first-order chi connectivity index (χ1) is 28.7. The quantitative estimate of drug-likeness (QED) is 0.0321. The predicted molar refractivity (Wildman–Crippen MR) is 239 cm³/mol. The summed E-state index contributed by atoms with van der Waals surface area (Å²) < 4.78 is 0. The number of primary amides is 1. The van der Waals surface area contributed by atoms with Crippen LogP contribution in [0, 0.1) is 16.7 Å². The maximum atomic E-state index is 14.2. The second kappa shape index (κ2) is 26.1. The smallest absolute Gasteiger partial charge is 0.245 e. The van der Waals surface area contributed by atoms with E-state index in [1.54, 1.807) is 41.5 Å². The molecule has 0 aromatic carbocycles. The van der Waals surface area contributed by atoms with E-state index in [1.807, 2.05) is 6.26 Å². The number of carbonyl (C=O) groups is 8. The Morgan fingerprint density at radius 1 is 0.710 bits per heavy atom. The molecule has 0 bridgehead atoms. The molecule has 1 aliphatic carbocycles. The summed E-state index contributed by atoms with van der Waals surface area (Å²) in [7, 11) is 1.35. The van der Waals surface area contributed by atoms with Gasteiger partial charge in [0, 0.05) is 20.5 Å². The van der Waals surface area contributed by atoms with E-state index in [2.05, 4.69) is 36.9 Å². The number of nitrogens with zero attached hydrogens (tertiary/aromatic N) is 2. The Balaban J connectivity index is 3.32. The molecule has 8 amide bonds.